The molecule has 0 amide bonds. The van der Waals surface area contributed by atoms with E-state index in [4.69, 9.17) is 4.18 Å². The van der Waals surface area contributed by atoms with E-state index in [9.17, 15) is 13.7 Å². The maximum absolute atomic E-state index is 12.0. The summed E-state index contributed by atoms with van der Waals surface area (Å²) in [7, 11) is -3.51. The van der Waals surface area contributed by atoms with Gasteiger partial charge >= 0.3 is 0 Å². The number of nitriles is 1. The molecule has 1 aromatic rings. The lowest BCUT2D eigenvalue weighted by Crippen LogP contribution is -2.29. The van der Waals surface area contributed by atoms with Crippen LogP contribution in [0, 0.1) is 18.3 Å². The largest absolute Gasteiger partial charge is 0.267 e. The van der Waals surface area contributed by atoms with Crippen LogP contribution in [-0.2, 0) is 14.3 Å². The zero-order valence-electron chi connectivity index (χ0n) is 13.9. The van der Waals surface area contributed by atoms with Crippen molar-refractivity contribution in [3.63, 3.8) is 0 Å². The Balaban J connectivity index is 2.30. The Labute approximate surface area is 138 Å². The molecule has 1 aromatic carbocycles. The highest BCUT2D eigenvalue weighted by atomic mass is 32.2. The Kier molecular flexibility index (Phi) is 5.28. The first-order valence-corrected chi connectivity index (χ1v) is 9.49. The van der Waals surface area contributed by atoms with Gasteiger partial charge in [0.1, 0.15) is 0 Å². The van der Waals surface area contributed by atoms with E-state index in [1.807, 2.05) is 45.0 Å². The summed E-state index contributed by atoms with van der Waals surface area (Å²) in [5, 5.41) is 9.58. The number of benzene rings is 1. The Bertz CT molecular complexity index is 759. The highest BCUT2D eigenvalue weighted by Gasteiger charge is 2.38. The van der Waals surface area contributed by atoms with Crippen molar-refractivity contribution in [2.75, 3.05) is 5.75 Å². The van der Waals surface area contributed by atoms with Gasteiger partial charge in [0.25, 0.3) is 10.1 Å². The summed E-state index contributed by atoms with van der Waals surface area (Å²) in [6.07, 6.45) is 2.32. The van der Waals surface area contributed by atoms with Gasteiger partial charge in [0.15, 0.2) is 0 Å². The Hall–Kier alpha value is -1.64. The fraction of sp³-hybridized carbons (Fsp3) is 0.500. The quantitative estimate of drug-likeness (QED) is 0.604. The number of allylic oxidation sites excluding steroid dienone is 1. The summed E-state index contributed by atoms with van der Waals surface area (Å²) in [6, 6.07) is 10.1. The standard InChI is InChI=1S/C18H23NO3S/c1-4-11-23(20,21)22-18(3)10-9-15(12-18)17(13-19)16-8-6-5-7-14(16)2/h5-8H,4,9-12H2,1-3H3/b17-15+. The van der Waals surface area contributed by atoms with Crippen LogP contribution < -0.4 is 0 Å². The first kappa shape index (κ1) is 17.7. The molecule has 1 aliphatic carbocycles. The molecule has 2 rings (SSSR count). The van der Waals surface area contributed by atoms with Crippen LogP contribution in [0.4, 0.5) is 0 Å². The van der Waals surface area contributed by atoms with Crippen molar-refractivity contribution in [3.05, 3.63) is 41.0 Å². The second-order valence-electron chi connectivity index (χ2n) is 6.38. The van der Waals surface area contributed by atoms with Gasteiger partial charge in [-0.05, 0) is 49.8 Å². The maximum atomic E-state index is 12.0. The summed E-state index contributed by atoms with van der Waals surface area (Å²) < 4.78 is 29.4. The fourth-order valence-corrected chi connectivity index (χ4v) is 4.45. The average molecular weight is 333 g/mol. The third kappa shape index (κ3) is 4.21. The number of rotatable bonds is 5. The van der Waals surface area contributed by atoms with Crippen molar-refractivity contribution in [3.8, 4) is 6.07 Å². The molecule has 0 radical (unpaired) electrons. The third-order valence-electron chi connectivity index (χ3n) is 4.20. The molecule has 0 heterocycles. The summed E-state index contributed by atoms with van der Waals surface area (Å²) >= 11 is 0. The Morgan fingerprint density at radius 2 is 2.09 bits per heavy atom. The molecule has 1 aliphatic rings. The first-order chi connectivity index (χ1) is 10.8. The molecule has 1 unspecified atom stereocenters. The molecule has 124 valence electrons. The first-order valence-electron chi connectivity index (χ1n) is 7.92. The lowest BCUT2D eigenvalue weighted by atomic mass is 9.95. The Morgan fingerprint density at radius 3 is 2.70 bits per heavy atom. The third-order valence-corrected chi connectivity index (χ3v) is 5.77. The van der Waals surface area contributed by atoms with Crippen LogP contribution in [0.2, 0.25) is 0 Å². The van der Waals surface area contributed by atoms with Gasteiger partial charge in [0, 0.05) is 6.42 Å². The molecule has 0 N–H and O–H groups in total. The minimum Gasteiger partial charge on any atom is -0.263 e. The normalized spacial score (nSPS) is 23.6. The van der Waals surface area contributed by atoms with Gasteiger partial charge in [-0.3, -0.25) is 4.18 Å². The minimum atomic E-state index is -3.51. The van der Waals surface area contributed by atoms with E-state index >= 15 is 0 Å². The van der Waals surface area contributed by atoms with Crippen molar-refractivity contribution < 1.29 is 12.6 Å². The molecule has 23 heavy (non-hydrogen) atoms. The summed E-state index contributed by atoms with van der Waals surface area (Å²) in [6.45, 7) is 5.61. The highest BCUT2D eigenvalue weighted by Crippen LogP contribution is 2.41. The van der Waals surface area contributed by atoms with Crippen LogP contribution in [-0.4, -0.2) is 19.8 Å². The highest BCUT2D eigenvalue weighted by molar-refractivity contribution is 7.86. The number of nitrogens with zero attached hydrogens (tertiary/aromatic N) is 1. The lowest BCUT2D eigenvalue weighted by Gasteiger charge is -2.23. The van der Waals surface area contributed by atoms with Gasteiger partial charge in [-0.15, -0.1) is 0 Å². The van der Waals surface area contributed by atoms with Gasteiger partial charge in [0.2, 0.25) is 0 Å². The molecule has 0 bridgehead atoms. The lowest BCUT2D eigenvalue weighted by molar-refractivity contribution is 0.108. The van der Waals surface area contributed by atoms with Crippen LogP contribution in [0.25, 0.3) is 5.57 Å². The monoisotopic (exact) mass is 333 g/mol. The summed E-state index contributed by atoms with van der Waals surface area (Å²) in [4.78, 5) is 0. The van der Waals surface area contributed by atoms with Crippen LogP contribution in [0.3, 0.4) is 0 Å². The van der Waals surface area contributed by atoms with Crippen molar-refractivity contribution in [2.24, 2.45) is 0 Å². The molecule has 0 saturated heterocycles. The van der Waals surface area contributed by atoms with Crippen molar-refractivity contribution in [1.82, 2.24) is 0 Å². The van der Waals surface area contributed by atoms with Crippen molar-refractivity contribution in [1.29, 1.82) is 5.26 Å². The smallest absolute Gasteiger partial charge is 0.263 e. The Morgan fingerprint density at radius 1 is 1.39 bits per heavy atom. The number of hydrogen-bond donors (Lipinski definition) is 0. The van der Waals surface area contributed by atoms with E-state index in [2.05, 4.69) is 6.07 Å². The van der Waals surface area contributed by atoms with Gasteiger partial charge in [0.05, 0.1) is 23.0 Å². The van der Waals surface area contributed by atoms with Gasteiger partial charge in [-0.1, -0.05) is 31.2 Å². The van der Waals surface area contributed by atoms with Crippen molar-refractivity contribution in [2.45, 2.75) is 52.1 Å². The van der Waals surface area contributed by atoms with Crippen LogP contribution >= 0.6 is 0 Å². The van der Waals surface area contributed by atoms with Crippen LogP contribution in [0.5, 0.6) is 0 Å². The van der Waals surface area contributed by atoms with E-state index in [1.54, 1.807) is 0 Å². The molecular formula is C18H23NO3S. The van der Waals surface area contributed by atoms with E-state index in [-0.39, 0.29) is 5.75 Å². The molecule has 0 aromatic heterocycles. The zero-order valence-corrected chi connectivity index (χ0v) is 14.7. The van der Waals surface area contributed by atoms with Gasteiger partial charge in [-0.25, -0.2) is 0 Å². The second kappa shape index (κ2) is 6.86. The van der Waals surface area contributed by atoms with E-state index in [1.165, 1.54) is 0 Å². The van der Waals surface area contributed by atoms with Crippen molar-refractivity contribution >= 4 is 15.7 Å². The minimum absolute atomic E-state index is 0.0323. The topological polar surface area (TPSA) is 67.2 Å². The molecule has 1 fully saturated rings. The maximum Gasteiger partial charge on any atom is 0.267 e. The van der Waals surface area contributed by atoms with Gasteiger partial charge in [-0.2, -0.15) is 13.7 Å². The molecule has 0 aliphatic heterocycles. The fourth-order valence-electron chi connectivity index (χ4n) is 3.11. The SMILES string of the molecule is CCCS(=O)(=O)OC1(C)CC/C(=C(/C#N)c2ccccc2C)C1. The summed E-state index contributed by atoms with van der Waals surface area (Å²) in [5.74, 6) is 0.0323. The van der Waals surface area contributed by atoms with Gasteiger partial charge < -0.3 is 0 Å². The average Bonchev–Trinajstić information content (AvgIpc) is 2.82. The predicted octanol–water partition coefficient (Wildman–Crippen LogP) is 3.97. The molecular weight excluding hydrogens is 310 g/mol. The molecule has 1 saturated carbocycles. The second-order valence-corrected chi connectivity index (χ2v) is 8.07. The summed E-state index contributed by atoms with van der Waals surface area (Å²) in [5.41, 5.74) is 2.86. The van der Waals surface area contributed by atoms with E-state index < -0.39 is 15.7 Å². The van der Waals surface area contributed by atoms with Crippen LogP contribution in [0.1, 0.15) is 50.7 Å². The van der Waals surface area contributed by atoms with E-state index in [0.717, 1.165) is 16.7 Å². The number of hydrogen-bond acceptors (Lipinski definition) is 4. The van der Waals surface area contributed by atoms with Crippen LogP contribution in [0.15, 0.2) is 29.8 Å². The number of aryl methyl sites for hydroxylation is 1. The predicted molar refractivity (Wildman–Crippen MR) is 91.1 cm³/mol. The molecule has 0 spiro atoms. The molecule has 4 nitrogen and oxygen atoms in total. The van der Waals surface area contributed by atoms with E-state index in [0.29, 0.717) is 31.3 Å². The zero-order chi connectivity index (χ0) is 17.1. The molecule has 5 heteroatoms. The molecule has 1 atom stereocenters.